The number of aromatic nitrogens is 5. The Bertz CT molecular complexity index is 1150. The second-order valence-electron chi connectivity index (χ2n) is 8.37. The number of carbonyl (C=O) groups is 1. The molecule has 3 heterocycles. The van der Waals surface area contributed by atoms with E-state index in [1.807, 2.05) is 58.4 Å². The third-order valence-electron chi connectivity index (χ3n) is 4.54. The molecule has 9 nitrogen and oxygen atoms in total. The van der Waals surface area contributed by atoms with Gasteiger partial charge in [0.2, 0.25) is 5.88 Å². The van der Waals surface area contributed by atoms with Crippen LogP contribution in [-0.4, -0.2) is 48.7 Å². The van der Waals surface area contributed by atoms with E-state index in [2.05, 4.69) is 49.1 Å². The molecule has 0 aliphatic heterocycles. The van der Waals surface area contributed by atoms with E-state index in [1.54, 1.807) is 10.8 Å². The van der Waals surface area contributed by atoms with Gasteiger partial charge in [-0.3, -0.25) is 4.98 Å². The summed E-state index contributed by atoms with van der Waals surface area (Å²) < 4.78 is 15.1. The average molecular weight is 570 g/mol. The van der Waals surface area contributed by atoms with E-state index < -0.39 is 11.7 Å². The maximum atomic E-state index is 12.0. The van der Waals surface area contributed by atoms with Crippen molar-refractivity contribution in [3.05, 3.63) is 30.2 Å². The summed E-state index contributed by atoms with van der Waals surface area (Å²) in [5, 5.41) is 12.8. The van der Waals surface area contributed by atoms with Crippen LogP contribution >= 0.6 is 28.4 Å². The lowest BCUT2D eigenvalue weighted by molar-refractivity contribution is 0.0503. The van der Waals surface area contributed by atoms with Crippen LogP contribution in [0.5, 0.6) is 5.88 Å². The topological polar surface area (TPSA) is 96.1 Å². The molecule has 0 radical (unpaired) electrons. The molecule has 2 unspecified atom stereocenters. The first kappa shape index (κ1) is 24.4. The number of alkyl carbamates (subject to hydrolysis) is 1. The number of amides is 1. The van der Waals surface area contributed by atoms with Gasteiger partial charge in [-0.2, -0.15) is 10.2 Å². The van der Waals surface area contributed by atoms with Gasteiger partial charge in [-0.15, -0.1) is 0 Å². The van der Waals surface area contributed by atoms with Crippen LogP contribution in [0.25, 0.3) is 28.2 Å². The van der Waals surface area contributed by atoms with Crippen LogP contribution < -0.4 is 10.1 Å². The Kier molecular flexibility index (Phi) is 7.44. The summed E-state index contributed by atoms with van der Waals surface area (Å²) in [5.41, 5.74) is 3.55. The average Bonchev–Trinajstić information content (AvgIpc) is 3.20. The fourth-order valence-electron chi connectivity index (χ4n) is 3.23. The monoisotopic (exact) mass is 570 g/mol. The molecule has 0 saturated heterocycles. The van der Waals surface area contributed by atoms with Gasteiger partial charge in [-0.05, 0) is 68.8 Å². The predicted octanol–water partition coefficient (Wildman–Crippen LogP) is 4.87. The molecule has 0 spiro atoms. The van der Waals surface area contributed by atoms with E-state index in [0.717, 1.165) is 33.5 Å². The normalized spacial score (nSPS) is 13.0. The summed E-state index contributed by atoms with van der Waals surface area (Å²) in [7, 11) is 1.82. The Balaban J connectivity index is 1.87. The first-order valence-corrected chi connectivity index (χ1v) is 14.2. The van der Waals surface area contributed by atoms with E-state index >= 15 is 0 Å². The summed E-state index contributed by atoms with van der Waals surface area (Å²) >= 11 is 2.29. The standard InChI is InChI=1S/C21H28IN6O3P/c1-8-15-14-9-16(23-11-17(14)28(26-15)32-22)18-13(3)25-27(7)19(18)30-12(2)10-24-20(29)31-21(4,5)6/h8-9,11-12,32H,1,10H2,2-7H3,(H,24,29). The predicted molar refractivity (Wildman–Crippen MR) is 137 cm³/mol. The van der Waals surface area contributed by atoms with Crippen LogP contribution in [0.15, 0.2) is 18.8 Å². The summed E-state index contributed by atoms with van der Waals surface area (Å²) in [4.78, 5) is 16.6. The molecule has 0 saturated carbocycles. The zero-order chi connectivity index (χ0) is 23.6. The van der Waals surface area contributed by atoms with E-state index in [1.165, 1.54) is 0 Å². The van der Waals surface area contributed by atoms with Gasteiger partial charge in [0, 0.05) is 12.4 Å². The molecule has 2 atom stereocenters. The second-order valence-corrected chi connectivity index (χ2v) is 10.4. The van der Waals surface area contributed by atoms with Gasteiger partial charge in [0.15, 0.2) is 0 Å². The molecule has 3 aromatic rings. The molecular formula is C21H28IN6O3P. The molecule has 3 rings (SSSR count). The van der Waals surface area contributed by atoms with Crippen molar-refractivity contribution in [2.24, 2.45) is 7.05 Å². The minimum absolute atomic E-state index is 0.287. The lowest BCUT2D eigenvalue weighted by Gasteiger charge is -2.21. The molecule has 11 heteroatoms. The van der Waals surface area contributed by atoms with Crippen LogP contribution in [-0.2, 0) is 11.8 Å². The van der Waals surface area contributed by atoms with Gasteiger partial charge in [0.1, 0.15) is 11.7 Å². The number of fused-ring (bicyclic) bond motifs is 1. The van der Waals surface area contributed by atoms with E-state index in [9.17, 15) is 4.79 Å². The lowest BCUT2D eigenvalue weighted by Crippen LogP contribution is -2.37. The minimum atomic E-state index is -0.555. The van der Waals surface area contributed by atoms with Crippen LogP contribution in [0.3, 0.4) is 0 Å². The number of pyridine rings is 1. The van der Waals surface area contributed by atoms with Gasteiger partial charge in [-0.1, -0.05) is 6.58 Å². The maximum absolute atomic E-state index is 12.0. The zero-order valence-electron chi connectivity index (χ0n) is 19.1. The van der Waals surface area contributed by atoms with Crippen LogP contribution in [0, 0.1) is 6.92 Å². The minimum Gasteiger partial charge on any atom is -0.472 e. The van der Waals surface area contributed by atoms with Crippen LogP contribution in [0.4, 0.5) is 4.79 Å². The smallest absolute Gasteiger partial charge is 0.407 e. The van der Waals surface area contributed by atoms with Crippen LogP contribution in [0.2, 0.25) is 0 Å². The van der Waals surface area contributed by atoms with Crippen molar-refractivity contribution in [2.45, 2.75) is 46.3 Å². The van der Waals surface area contributed by atoms with Crippen molar-refractivity contribution < 1.29 is 14.3 Å². The van der Waals surface area contributed by atoms with Crippen molar-refractivity contribution in [1.29, 1.82) is 0 Å². The third kappa shape index (κ3) is 5.40. The Hall–Kier alpha value is -2.20. The fraction of sp³-hybridized carbons (Fsp3) is 0.429. The number of rotatable bonds is 7. The highest BCUT2D eigenvalue weighted by atomic mass is 127. The van der Waals surface area contributed by atoms with Gasteiger partial charge >= 0.3 is 6.09 Å². The summed E-state index contributed by atoms with van der Waals surface area (Å²) in [6.45, 7) is 13.4. The van der Waals surface area contributed by atoms with Gasteiger partial charge < -0.3 is 14.8 Å². The first-order chi connectivity index (χ1) is 15.0. The Morgan fingerprint density at radius 2 is 2.12 bits per heavy atom. The molecule has 172 valence electrons. The Labute approximate surface area is 202 Å². The van der Waals surface area contributed by atoms with Crippen molar-refractivity contribution in [2.75, 3.05) is 6.54 Å². The third-order valence-corrected chi connectivity index (χ3v) is 6.41. The zero-order valence-corrected chi connectivity index (χ0v) is 22.2. The largest absolute Gasteiger partial charge is 0.472 e. The molecule has 0 fully saturated rings. The molecule has 0 aliphatic rings. The quantitative estimate of drug-likeness (QED) is 0.322. The number of ether oxygens (including phenoxy) is 2. The SMILES string of the molecule is C=Cc1nn(PI)c2cnc(-c3c(C)nn(C)c3OC(C)CNC(=O)OC(C)(C)C)cc12. The van der Waals surface area contributed by atoms with Crippen LogP contribution in [0.1, 0.15) is 39.1 Å². The van der Waals surface area contributed by atoms with E-state index in [-0.39, 0.29) is 12.6 Å². The number of hydrogen-bond acceptors (Lipinski definition) is 6. The molecule has 1 N–H and O–H groups in total. The molecule has 3 aromatic heterocycles. The van der Waals surface area contributed by atoms with Crippen molar-refractivity contribution in [3.63, 3.8) is 0 Å². The highest BCUT2D eigenvalue weighted by Gasteiger charge is 2.22. The van der Waals surface area contributed by atoms with Gasteiger partial charge in [0.25, 0.3) is 0 Å². The summed E-state index contributed by atoms with van der Waals surface area (Å²) in [6, 6.07) is 1.99. The van der Waals surface area contributed by atoms with E-state index in [0.29, 0.717) is 12.3 Å². The number of nitrogens with one attached hydrogen (secondary N) is 1. The van der Waals surface area contributed by atoms with Crippen molar-refractivity contribution >= 4 is 51.5 Å². The number of hydrogen-bond donors (Lipinski definition) is 1. The molecule has 32 heavy (non-hydrogen) atoms. The van der Waals surface area contributed by atoms with E-state index in [4.69, 9.17) is 9.47 Å². The highest BCUT2D eigenvalue weighted by molar-refractivity contribution is 14.2. The Morgan fingerprint density at radius 1 is 1.41 bits per heavy atom. The number of nitrogens with zero attached hydrogens (tertiary/aromatic N) is 5. The lowest BCUT2D eigenvalue weighted by atomic mass is 10.1. The number of halogens is 1. The fourth-order valence-corrected chi connectivity index (χ4v) is 4.75. The van der Waals surface area contributed by atoms with Crippen molar-refractivity contribution in [3.8, 4) is 17.1 Å². The Morgan fingerprint density at radius 3 is 2.75 bits per heavy atom. The van der Waals surface area contributed by atoms with Gasteiger partial charge in [-0.25, -0.2) is 13.9 Å². The summed E-state index contributed by atoms with van der Waals surface area (Å²) in [6.07, 6.45) is 3.24. The molecule has 0 bridgehead atoms. The first-order valence-electron chi connectivity index (χ1n) is 10.1. The molecular weight excluding hydrogens is 542 g/mol. The molecule has 0 aromatic carbocycles. The highest BCUT2D eigenvalue weighted by Crippen LogP contribution is 2.36. The number of aryl methyl sites for hydroxylation is 2. The molecule has 1 amide bonds. The summed E-state index contributed by atoms with van der Waals surface area (Å²) in [5.74, 6) is 0.580. The maximum Gasteiger partial charge on any atom is 0.407 e. The number of carbonyl (C=O) groups excluding carboxylic acids is 1. The molecule has 0 aliphatic carbocycles. The van der Waals surface area contributed by atoms with Gasteiger partial charge in [0.05, 0.1) is 47.3 Å². The second kappa shape index (κ2) is 9.74. The van der Waals surface area contributed by atoms with Crippen molar-refractivity contribution in [1.82, 2.24) is 29.6 Å².